The molecule has 4 rings (SSSR count). The fourth-order valence-corrected chi connectivity index (χ4v) is 5.50. The molecule has 1 aliphatic heterocycles. The summed E-state index contributed by atoms with van der Waals surface area (Å²) in [5, 5.41) is 12.1. The van der Waals surface area contributed by atoms with Crippen LogP contribution < -0.4 is 4.74 Å². The molecular formula is C22H25N3O3S2. The molecule has 1 amide bonds. The van der Waals surface area contributed by atoms with Gasteiger partial charge in [0.2, 0.25) is 0 Å². The molecule has 1 saturated heterocycles. The minimum absolute atomic E-state index is 0.00604. The molecule has 0 unspecified atom stereocenters. The minimum atomic E-state index is -1.02. The van der Waals surface area contributed by atoms with Crippen LogP contribution >= 0.6 is 22.7 Å². The van der Waals surface area contributed by atoms with Crippen LogP contribution in [0.1, 0.15) is 50.2 Å². The molecule has 2 aromatic heterocycles. The van der Waals surface area contributed by atoms with Crippen LogP contribution in [0, 0.1) is 13.8 Å². The quantitative estimate of drug-likeness (QED) is 0.636. The summed E-state index contributed by atoms with van der Waals surface area (Å²) in [5.41, 5.74) is 2.34. The molecule has 1 aliphatic rings. The Hall–Kier alpha value is -2.29. The first-order chi connectivity index (χ1) is 14.5. The molecule has 0 bridgehead atoms. The second-order valence-corrected chi connectivity index (χ2v) is 9.51. The van der Waals surface area contributed by atoms with Crippen LogP contribution in [0.4, 0.5) is 0 Å². The number of hydrogen-bond acceptors (Lipinski definition) is 7. The monoisotopic (exact) mass is 443 g/mol. The molecule has 3 aromatic rings. The van der Waals surface area contributed by atoms with E-state index < -0.39 is 5.60 Å². The predicted molar refractivity (Wildman–Crippen MR) is 118 cm³/mol. The van der Waals surface area contributed by atoms with Crippen LogP contribution in [-0.2, 0) is 12.2 Å². The number of rotatable bonds is 5. The van der Waals surface area contributed by atoms with Crippen LogP contribution in [-0.4, -0.2) is 39.0 Å². The van der Waals surface area contributed by atoms with Crippen molar-refractivity contribution in [3.8, 4) is 5.75 Å². The molecule has 0 spiro atoms. The van der Waals surface area contributed by atoms with Crippen molar-refractivity contribution in [2.45, 2.75) is 45.3 Å². The molecule has 8 heteroatoms. The number of nitrogens with zero attached hydrogens (tertiary/aromatic N) is 3. The third kappa shape index (κ3) is 4.40. The summed E-state index contributed by atoms with van der Waals surface area (Å²) in [7, 11) is 0. The molecule has 1 fully saturated rings. The van der Waals surface area contributed by atoms with Gasteiger partial charge in [0.15, 0.2) is 0 Å². The first-order valence-electron chi connectivity index (χ1n) is 10.0. The number of amides is 1. The van der Waals surface area contributed by atoms with E-state index in [0.29, 0.717) is 37.4 Å². The predicted octanol–water partition coefficient (Wildman–Crippen LogP) is 4.31. The van der Waals surface area contributed by atoms with Crippen molar-refractivity contribution in [2.24, 2.45) is 0 Å². The van der Waals surface area contributed by atoms with E-state index in [1.54, 1.807) is 5.51 Å². The summed E-state index contributed by atoms with van der Waals surface area (Å²) >= 11 is 2.88. The second-order valence-electron chi connectivity index (χ2n) is 7.57. The molecule has 3 heterocycles. The Labute approximate surface area is 184 Å². The molecule has 0 radical (unpaired) electrons. The van der Waals surface area contributed by atoms with Gasteiger partial charge in [0.25, 0.3) is 5.91 Å². The summed E-state index contributed by atoms with van der Waals surface area (Å²) in [6.45, 7) is 5.37. The van der Waals surface area contributed by atoms with Crippen LogP contribution in [0.25, 0.3) is 0 Å². The molecule has 6 nitrogen and oxygen atoms in total. The van der Waals surface area contributed by atoms with E-state index in [9.17, 15) is 9.90 Å². The highest BCUT2D eigenvalue weighted by Crippen LogP contribution is 2.37. The Bertz CT molecular complexity index is 1020. The number of benzene rings is 1. The number of hydrogen-bond donors (Lipinski definition) is 1. The maximum Gasteiger partial charge on any atom is 0.265 e. The average molecular weight is 444 g/mol. The lowest BCUT2D eigenvalue weighted by molar-refractivity contribution is 0.0209. The van der Waals surface area contributed by atoms with Crippen LogP contribution in [0.5, 0.6) is 5.75 Å². The Balaban J connectivity index is 1.45. The topological polar surface area (TPSA) is 75.6 Å². The normalized spacial score (nSPS) is 19.5. The summed E-state index contributed by atoms with van der Waals surface area (Å²) in [6, 6.07) is 9.68. The first-order valence-corrected chi connectivity index (χ1v) is 11.7. The largest absolute Gasteiger partial charge is 0.488 e. The number of carbonyl (C=O) groups is 1. The SMILES string of the molecule is Cc1nc([C@]2(O)CCCN(C(=O)c3scnc3C)CC2)sc1COc1ccccc1. The number of carbonyl (C=O) groups excluding carboxylic acids is 1. The average Bonchev–Trinajstić information content (AvgIpc) is 3.28. The van der Waals surface area contributed by atoms with Gasteiger partial charge in [0.05, 0.1) is 21.8 Å². The molecule has 1 atom stereocenters. The zero-order chi connectivity index (χ0) is 21.1. The van der Waals surface area contributed by atoms with E-state index in [1.807, 2.05) is 49.1 Å². The highest BCUT2D eigenvalue weighted by Gasteiger charge is 2.37. The van der Waals surface area contributed by atoms with E-state index in [2.05, 4.69) is 9.97 Å². The smallest absolute Gasteiger partial charge is 0.265 e. The lowest BCUT2D eigenvalue weighted by Gasteiger charge is -2.24. The molecule has 0 saturated carbocycles. The van der Waals surface area contributed by atoms with Crippen molar-refractivity contribution in [3.05, 3.63) is 62.0 Å². The number of aryl methyl sites for hydroxylation is 2. The van der Waals surface area contributed by atoms with Gasteiger partial charge in [0, 0.05) is 19.5 Å². The fourth-order valence-electron chi connectivity index (χ4n) is 3.61. The van der Waals surface area contributed by atoms with Gasteiger partial charge >= 0.3 is 0 Å². The van der Waals surface area contributed by atoms with Gasteiger partial charge in [-0.2, -0.15) is 0 Å². The van der Waals surface area contributed by atoms with E-state index in [0.717, 1.165) is 33.4 Å². The number of para-hydroxylation sites is 1. The Morgan fingerprint density at radius 2 is 2.00 bits per heavy atom. The van der Waals surface area contributed by atoms with Gasteiger partial charge in [-0.05, 0) is 38.8 Å². The summed E-state index contributed by atoms with van der Waals surface area (Å²) in [6.07, 6.45) is 1.79. The number of ether oxygens (including phenoxy) is 1. The highest BCUT2D eigenvalue weighted by atomic mass is 32.1. The van der Waals surface area contributed by atoms with E-state index >= 15 is 0 Å². The molecule has 158 valence electrons. The number of aromatic nitrogens is 2. The van der Waals surface area contributed by atoms with Crippen LogP contribution in [0.2, 0.25) is 0 Å². The standard InChI is InChI=1S/C22H25N3O3S2/c1-15-18(13-28-17-7-4-3-5-8-17)30-21(24-15)22(27)9-6-11-25(12-10-22)20(26)19-16(2)23-14-29-19/h3-5,7-8,14,27H,6,9-13H2,1-2H3/t22-/m0/s1. The first kappa shape index (κ1) is 21.0. The van der Waals surface area contributed by atoms with Crippen molar-refractivity contribution in [3.63, 3.8) is 0 Å². The van der Waals surface area contributed by atoms with Crippen LogP contribution in [0.3, 0.4) is 0 Å². The second kappa shape index (κ2) is 8.83. The number of likely N-dealkylation sites (tertiary alicyclic amines) is 1. The molecule has 30 heavy (non-hydrogen) atoms. The van der Waals surface area contributed by atoms with Gasteiger partial charge in [-0.3, -0.25) is 4.79 Å². The number of aliphatic hydroxyl groups is 1. The van der Waals surface area contributed by atoms with E-state index in [1.165, 1.54) is 22.7 Å². The lowest BCUT2D eigenvalue weighted by atomic mass is 9.96. The summed E-state index contributed by atoms with van der Waals surface area (Å²) < 4.78 is 5.86. The highest BCUT2D eigenvalue weighted by molar-refractivity contribution is 7.12. The maximum absolute atomic E-state index is 12.8. The van der Waals surface area contributed by atoms with Gasteiger partial charge in [0.1, 0.15) is 27.8 Å². The zero-order valence-electron chi connectivity index (χ0n) is 17.1. The van der Waals surface area contributed by atoms with Crippen LogP contribution in [0.15, 0.2) is 35.8 Å². The number of thiazole rings is 2. The fraction of sp³-hybridized carbons (Fsp3) is 0.409. The summed E-state index contributed by atoms with van der Waals surface area (Å²) in [4.78, 5) is 25.2. The Morgan fingerprint density at radius 3 is 2.73 bits per heavy atom. The van der Waals surface area contributed by atoms with Crippen molar-refractivity contribution in [1.82, 2.24) is 14.9 Å². The van der Waals surface area contributed by atoms with E-state index in [-0.39, 0.29) is 5.91 Å². The Kier molecular flexibility index (Phi) is 6.17. The minimum Gasteiger partial charge on any atom is -0.488 e. The lowest BCUT2D eigenvalue weighted by Crippen LogP contribution is -2.33. The third-order valence-electron chi connectivity index (χ3n) is 5.44. The van der Waals surface area contributed by atoms with Gasteiger partial charge in [-0.15, -0.1) is 22.7 Å². The van der Waals surface area contributed by atoms with Crippen molar-refractivity contribution < 1.29 is 14.6 Å². The van der Waals surface area contributed by atoms with Crippen molar-refractivity contribution in [2.75, 3.05) is 13.1 Å². The van der Waals surface area contributed by atoms with Gasteiger partial charge in [-0.25, -0.2) is 9.97 Å². The van der Waals surface area contributed by atoms with Crippen molar-refractivity contribution >= 4 is 28.6 Å². The molecular weight excluding hydrogens is 418 g/mol. The van der Waals surface area contributed by atoms with E-state index in [4.69, 9.17) is 4.74 Å². The Morgan fingerprint density at radius 1 is 1.20 bits per heavy atom. The summed E-state index contributed by atoms with van der Waals surface area (Å²) in [5.74, 6) is 0.819. The van der Waals surface area contributed by atoms with Crippen molar-refractivity contribution in [1.29, 1.82) is 0 Å². The third-order valence-corrected chi connectivity index (χ3v) is 7.69. The zero-order valence-corrected chi connectivity index (χ0v) is 18.8. The molecule has 1 aromatic carbocycles. The molecule has 1 N–H and O–H groups in total. The van der Waals surface area contributed by atoms with Gasteiger partial charge in [-0.1, -0.05) is 18.2 Å². The van der Waals surface area contributed by atoms with Gasteiger partial charge < -0.3 is 14.7 Å². The maximum atomic E-state index is 12.8. The molecule has 0 aliphatic carbocycles.